The van der Waals surface area contributed by atoms with Crippen LogP contribution >= 0.6 is 0 Å². The first kappa shape index (κ1) is 30.4. The van der Waals surface area contributed by atoms with Crippen LogP contribution in [-0.2, 0) is 0 Å². The Labute approximate surface area is 297 Å². The number of carbonyl (C=O) groups excluding carboxylic acids is 2. The van der Waals surface area contributed by atoms with Crippen LogP contribution < -0.4 is 4.90 Å². The molecule has 0 fully saturated rings. The van der Waals surface area contributed by atoms with E-state index in [0.29, 0.717) is 45.3 Å². The van der Waals surface area contributed by atoms with Gasteiger partial charge in [-0.3, -0.25) is 9.59 Å². The SMILES string of the molecule is N#Cc1cccc(-c2ccc3c(c2)c2cc(-c4cccc(C#N)n4)ccc2n3-c2cccc3c2C(=O)N(c2cccc(-c4ccccc4)c2)C3=O)n1. The zero-order valence-electron chi connectivity index (χ0n) is 27.4. The minimum absolute atomic E-state index is 0.313. The van der Waals surface area contributed by atoms with Crippen molar-refractivity contribution < 1.29 is 9.59 Å². The van der Waals surface area contributed by atoms with E-state index in [2.05, 4.69) is 22.1 Å². The van der Waals surface area contributed by atoms with Gasteiger partial charge in [-0.2, -0.15) is 10.5 Å². The Morgan fingerprint density at radius 2 is 1.08 bits per heavy atom. The van der Waals surface area contributed by atoms with Crippen molar-refractivity contribution in [1.29, 1.82) is 10.5 Å². The van der Waals surface area contributed by atoms with Crippen molar-refractivity contribution in [2.45, 2.75) is 0 Å². The summed E-state index contributed by atoms with van der Waals surface area (Å²) in [5.41, 5.74) is 8.76. The van der Waals surface area contributed by atoms with Gasteiger partial charge in [0.05, 0.1) is 44.9 Å². The van der Waals surface area contributed by atoms with Crippen LogP contribution in [0.3, 0.4) is 0 Å². The summed E-state index contributed by atoms with van der Waals surface area (Å²) in [7, 11) is 0. The summed E-state index contributed by atoms with van der Waals surface area (Å²) >= 11 is 0. The maximum absolute atomic E-state index is 14.5. The molecule has 5 aromatic carbocycles. The summed E-state index contributed by atoms with van der Waals surface area (Å²) in [6.45, 7) is 0. The molecule has 3 aromatic heterocycles. The van der Waals surface area contributed by atoms with Crippen LogP contribution in [0.4, 0.5) is 5.69 Å². The predicted octanol–water partition coefficient (Wildman–Crippen LogP) is 9.12. The molecular formula is C44H24N6O2. The number of benzene rings is 5. The van der Waals surface area contributed by atoms with Crippen LogP contribution in [-0.4, -0.2) is 26.3 Å². The fourth-order valence-electron chi connectivity index (χ4n) is 7.06. The van der Waals surface area contributed by atoms with E-state index in [1.54, 1.807) is 42.5 Å². The average Bonchev–Trinajstić information content (AvgIpc) is 3.67. The summed E-state index contributed by atoms with van der Waals surface area (Å²) in [6.07, 6.45) is 0. The zero-order valence-corrected chi connectivity index (χ0v) is 27.4. The Balaban J connectivity index is 1.24. The van der Waals surface area contributed by atoms with Gasteiger partial charge in [0.15, 0.2) is 0 Å². The fourth-order valence-corrected chi connectivity index (χ4v) is 7.06. The van der Waals surface area contributed by atoms with E-state index in [0.717, 1.165) is 44.1 Å². The van der Waals surface area contributed by atoms with Gasteiger partial charge < -0.3 is 4.57 Å². The number of fused-ring (bicyclic) bond motifs is 4. The number of carbonyl (C=O) groups is 2. The minimum Gasteiger partial charge on any atom is -0.308 e. The number of anilines is 1. The summed E-state index contributed by atoms with van der Waals surface area (Å²) in [4.78, 5) is 38.8. The van der Waals surface area contributed by atoms with Crippen LogP contribution in [0.15, 0.2) is 146 Å². The molecule has 0 bridgehead atoms. The van der Waals surface area contributed by atoms with Gasteiger partial charge in [-0.05, 0) is 83.9 Å². The highest BCUT2D eigenvalue weighted by atomic mass is 16.2. The molecule has 52 heavy (non-hydrogen) atoms. The van der Waals surface area contributed by atoms with Crippen molar-refractivity contribution in [3.8, 4) is 51.5 Å². The summed E-state index contributed by atoms with van der Waals surface area (Å²) in [5.74, 6) is -0.789. The largest absolute Gasteiger partial charge is 0.308 e. The zero-order chi connectivity index (χ0) is 35.3. The number of nitrogens with zero attached hydrogens (tertiary/aromatic N) is 6. The topological polar surface area (TPSA) is 116 Å². The highest BCUT2D eigenvalue weighted by Gasteiger charge is 2.39. The lowest BCUT2D eigenvalue weighted by Gasteiger charge is -2.16. The molecule has 8 aromatic rings. The predicted molar refractivity (Wildman–Crippen MR) is 200 cm³/mol. The number of pyridine rings is 2. The molecule has 8 heteroatoms. The van der Waals surface area contributed by atoms with Gasteiger partial charge in [0.1, 0.15) is 23.5 Å². The highest BCUT2D eigenvalue weighted by molar-refractivity contribution is 6.36. The Kier molecular flexibility index (Phi) is 7.03. The summed E-state index contributed by atoms with van der Waals surface area (Å²) < 4.78 is 2.02. The van der Waals surface area contributed by atoms with Crippen LogP contribution in [0, 0.1) is 22.7 Å². The highest BCUT2D eigenvalue weighted by Crippen LogP contribution is 2.40. The van der Waals surface area contributed by atoms with Crippen LogP contribution in [0.2, 0.25) is 0 Å². The molecular weight excluding hydrogens is 645 g/mol. The number of imide groups is 1. The standard InChI is InChI=1S/C44H24N6O2/c45-25-31-11-5-15-37(47-31)29-18-20-39-35(23-29)36-24-30(38-16-6-12-32(26-46)48-38)19-21-40(36)50(39)41-17-7-14-34-42(41)44(52)49(43(34)51)33-13-4-10-28(22-33)27-8-2-1-3-9-27/h1-24H. The second-order valence-corrected chi connectivity index (χ2v) is 12.4. The van der Waals surface area contributed by atoms with E-state index >= 15 is 0 Å². The molecule has 4 heterocycles. The molecule has 0 saturated heterocycles. The number of nitriles is 2. The van der Waals surface area contributed by atoms with Gasteiger partial charge in [-0.25, -0.2) is 14.9 Å². The smallest absolute Gasteiger partial charge is 0.268 e. The van der Waals surface area contributed by atoms with Crippen molar-refractivity contribution in [3.63, 3.8) is 0 Å². The van der Waals surface area contributed by atoms with Gasteiger partial charge in [-0.15, -0.1) is 0 Å². The van der Waals surface area contributed by atoms with Crippen molar-refractivity contribution >= 4 is 39.3 Å². The Hall–Kier alpha value is -7.68. The van der Waals surface area contributed by atoms with Crippen molar-refractivity contribution in [3.05, 3.63) is 168 Å². The molecule has 2 amide bonds. The number of aromatic nitrogens is 3. The molecule has 1 aliphatic heterocycles. The number of hydrogen-bond donors (Lipinski definition) is 0. The lowest BCUT2D eigenvalue weighted by molar-refractivity contribution is 0.0926. The van der Waals surface area contributed by atoms with E-state index in [-0.39, 0.29) is 5.91 Å². The number of rotatable bonds is 5. The van der Waals surface area contributed by atoms with Gasteiger partial charge in [0.25, 0.3) is 11.8 Å². The Morgan fingerprint density at radius 3 is 1.69 bits per heavy atom. The lowest BCUT2D eigenvalue weighted by Crippen LogP contribution is -2.29. The lowest BCUT2D eigenvalue weighted by atomic mass is 10.0. The third-order valence-electron chi connectivity index (χ3n) is 9.43. The second-order valence-electron chi connectivity index (χ2n) is 12.4. The molecule has 0 unspecified atom stereocenters. The van der Waals surface area contributed by atoms with E-state index in [1.165, 1.54) is 4.90 Å². The molecule has 1 aliphatic rings. The van der Waals surface area contributed by atoms with Crippen molar-refractivity contribution in [1.82, 2.24) is 14.5 Å². The molecule has 9 rings (SSSR count). The van der Waals surface area contributed by atoms with E-state index in [9.17, 15) is 20.1 Å². The quantitative estimate of drug-likeness (QED) is 0.169. The molecule has 0 saturated carbocycles. The van der Waals surface area contributed by atoms with Gasteiger partial charge in [0.2, 0.25) is 0 Å². The first-order valence-electron chi connectivity index (χ1n) is 16.5. The van der Waals surface area contributed by atoms with Crippen molar-refractivity contribution in [2.75, 3.05) is 4.90 Å². The third kappa shape index (κ3) is 4.83. The van der Waals surface area contributed by atoms with Crippen LogP contribution in [0.5, 0.6) is 0 Å². The molecule has 8 nitrogen and oxygen atoms in total. The Bertz CT molecular complexity index is 2760. The average molecular weight is 669 g/mol. The third-order valence-corrected chi connectivity index (χ3v) is 9.43. The fraction of sp³-hybridized carbons (Fsp3) is 0. The molecule has 0 atom stereocenters. The molecule has 0 N–H and O–H groups in total. The maximum Gasteiger partial charge on any atom is 0.268 e. The van der Waals surface area contributed by atoms with Crippen LogP contribution in [0.25, 0.3) is 61.1 Å². The first-order valence-corrected chi connectivity index (χ1v) is 16.5. The van der Waals surface area contributed by atoms with E-state index in [4.69, 9.17) is 0 Å². The Morgan fingerprint density at radius 1 is 0.500 bits per heavy atom. The molecule has 242 valence electrons. The monoisotopic (exact) mass is 668 g/mol. The van der Waals surface area contributed by atoms with Gasteiger partial charge >= 0.3 is 0 Å². The number of hydrogen-bond acceptors (Lipinski definition) is 6. The van der Waals surface area contributed by atoms with Gasteiger partial charge in [0, 0.05) is 21.9 Å². The minimum atomic E-state index is -0.404. The maximum atomic E-state index is 14.5. The normalized spacial score (nSPS) is 12.2. The molecule has 0 radical (unpaired) electrons. The van der Waals surface area contributed by atoms with E-state index < -0.39 is 5.91 Å². The summed E-state index contributed by atoms with van der Waals surface area (Å²) in [6, 6.07) is 49.4. The first-order chi connectivity index (χ1) is 25.5. The summed E-state index contributed by atoms with van der Waals surface area (Å²) in [5, 5.41) is 20.8. The van der Waals surface area contributed by atoms with E-state index in [1.807, 2.05) is 108 Å². The molecule has 0 spiro atoms. The van der Waals surface area contributed by atoms with Crippen molar-refractivity contribution in [2.24, 2.45) is 0 Å². The second kappa shape index (κ2) is 12.0. The van der Waals surface area contributed by atoms with Crippen LogP contribution in [0.1, 0.15) is 32.1 Å². The van der Waals surface area contributed by atoms with Gasteiger partial charge in [-0.1, -0.05) is 72.8 Å². The molecule has 0 aliphatic carbocycles. The number of amides is 2.